The molecule has 150 valence electrons. The molecular formula is C20H13N3O4S3. The minimum absolute atomic E-state index is 0.163. The molecule has 1 aliphatic heterocycles. The molecule has 2 aromatic heterocycles. The van der Waals surface area contributed by atoms with Crippen LogP contribution in [-0.2, 0) is 14.8 Å². The van der Waals surface area contributed by atoms with Crippen LogP contribution in [0.25, 0.3) is 17.0 Å². The summed E-state index contributed by atoms with van der Waals surface area (Å²) in [5.41, 5.74) is 1.76. The Kier molecular flexibility index (Phi) is 5.44. The molecule has 0 unspecified atom stereocenters. The number of furan rings is 1. The molecular weight excluding hydrogens is 442 g/mol. The van der Waals surface area contributed by atoms with Gasteiger partial charge in [-0.25, -0.2) is 13.1 Å². The van der Waals surface area contributed by atoms with E-state index in [4.69, 9.17) is 16.6 Å². The molecule has 1 aromatic carbocycles. The van der Waals surface area contributed by atoms with Gasteiger partial charge in [0.15, 0.2) is 5.58 Å². The Morgan fingerprint density at radius 3 is 2.67 bits per heavy atom. The standard InChI is InChI=1S/C20H13N3O4S3/c1-21-30(25,26)16-6-3-12(4-7-16)2-5-13-10-22-11-14-8-15(27-18(13)14)9-17-19(24)23-20(28)29-17/h3-4,6-11,21H,1H3,(H,23,24,28)/b17-9-. The number of aromatic nitrogens is 1. The van der Waals surface area contributed by atoms with Crippen LogP contribution in [0, 0.1) is 11.8 Å². The van der Waals surface area contributed by atoms with Crippen LogP contribution < -0.4 is 10.0 Å². The van der Waals surface area contributed by atoms with Crippen LogP contribution in [0.3, 0.4) is 0 Å². The molecule has 10 heteroatoms. The van der Waals surface area contributed by atoms with Gasteiger partial charge < -0.3 is 9.73 Å². The Morgan fingerprint density at radius 2 is 2.00 bits per heavy atom. The summed E-state index contributed by atoms with van der Waals surface area (Å²) in [6.45, 7) is 0. The number of rotatable bonds is 3. The zero-order chi connectivity index (χ0) is 21.3. The SMILES string of the molecule is CNS(=O)(=O)c1ccc(C#Cc2cncc3cc(/C=C4\SC(=S)NC4=O)oc23)cc1. The van der Waals surface area contributed by atoms with Crippen LogP contribution in [0.4, 0.5) is 0 Å². The van der Waals surface area contributed by atoms with E-state index >= 15 is 0 Å². The van der Waals surface area contributed by atoms with E-state index < -0.39 is 10.0 Å². The topological polar surface area (TPSA) is 101 Å². The number of hydrogen-bond donors (Lipinski definition) is 2. The predicted octanol–water partition coefficient (Wildman–Crippen LogP) is 2.62. The Hall–Kier alpha value is -2.97. The lowest BCUT2D eigenvalue weighted by molar-refractivity contribution is -0.115. The first-order valence-corrected chi connectivity index (χ1v) is 11.2. The fourth-order valence-corrected chi connectivity index (χ4v) is 4.42. The lowest BCUT2D eigenvalue weighted by Gasteiger charge is -2.01. The Bertz CT molecular complexity index is 1380. The monoisotopic (exact) mass is 455 g/mol. The number of sulfonamides is 1. The van der Waals surface area contributed by atoms with Crippen molar-refractivity contribution in [2.45, 2.75) is 4.90 Å². The van der Waals surface area contributed by atoms with Gasteiger partial charge in [0.25, 0.3) is 5.91 Å². The number of fused-ring (bicyclic) bond motifs is 1. The van der Waals surface area contributed by atoms with Crippen molar-refractivity contribution in [3.63, 3.8) is 0 Å². The molecule has 0 spiro atoms. The third-order valence-electron chi connectivity index (χ3n) is 4.13. The quantitative estimate of drug-likeness (QED) is 0.356. The van der Waals surface area contributed by atoms with Crippen LogP contribution >= 0.6 is 24.0 Å². The Labute approximate surface area is 182 Å². The number of thiocarbonyl (C=S) groups is 1. The highest BCUT2D eigenvalue weighted by Gasteiger charge is 2.22. The van der Waals surface area contributed by atoms with Crippen molar-refractivity contribution < 1.29 is 17.6 Å². The van der Waals surface area contributed by atoms with Crippen molar-refractivity contribution in [2.75, 3.05) is 7.05 Å². The molecule has 4 rings (SSSR count). The van der Waals surface area contributed by atoms with Crippen molar-refractivity contribution in [2.24, 2.45) is 0 Å². The maximum Gasteiger partial charge on any atom is 0.263 e. The summed E-state index contributed by atoms with van der Waals surface area (Å²) in [5, 5.41) is 3.30. The second-order valence-corrected chi connectivity index (χ2v) is 9.69. The first kappa shape index (κ1) is 20.3. The third kappa shape index (κ3) is 4.15. The maximum atomic E-state index is 11.8. The molecule has 3 heterocycles. The van der Waals surface area contributed by atoms with Gasteiger partial charge in [0.2, 0.25) is 10.0 Å². The zero-order valence-corrected chi connectivity index (χ0v) is 17.9. The van der Waals surface area contributed by atoms with E-state index in [9.17, 15) is 13.2 Å². The lowest BCUT2D eigenvalue weighted by atomic mass is 10.2. The molecule has 0 saturated carbocycles. The van der Waals surface area contributed by atoms with Crippen LogP contribution in [-0.4, -0.2) is 30.7 Å². The summed E-state index contributed by atoms with van der Waals surface area (Å²) in [6, 6.07) is 8.00. The van der Waals surface area contributed by atoms with E-state index in [0.717, 1.165) is 5.39 Å². The van der Waals surface area contributed by atoms with Gasteiger partial charge in [0.05, 0.1) is 15.4 Å². The van der Waals surface area contributed by atoms with Crippen LogP contribution in [0.1, 0.15) is 16.9 Å². The largest absolute Gasteiger partial charge is 0.455 e. The summed E-state index contributed by atoms with van der Waals surface area (Å²) >= 11 is 6.16. The van der Waals surface area contributed by atoms with Crippen molar-refractivity contribution in [3.8, 4) is 11.8 Å². The Morgan fingerprint density at radius 1 is 1.23 bits per heavy atom. The van der Waals surface area contributed by atoms with Gasteiger partial charge in [-0.3, -0.25) is 9.78 Å². The van der Waals surface area contributed by atoms with E-state index in [1.807, 2.05) is 0 Å². The first-order chi connectivity index (χ1) is 14.4. The highest BCUT2D eigenvalue weighted by atomic mass is 32.2. The molecule has 0 atom stereocenters. The van der Waals surface area contributed by atoms with Gasteiger partial charge >= 0.3 is 0 Å². The molecule has 1 aliphatic rings. The van der Waals surface area contributed by atoms with Crippen LogP contribution in [0.5, 0.6) is 0 Å². The van der Waals surface area contributed by atoms with E-state index in [1.165, 1.54) is 30.9 Å². The lowest BCUT2D eigenvalue weighted by Crippen LogP contribution is -2.18. The fourth-order valence-electron chi connectivity index (χ4n) is 2.67. The van der Waals surface area contributed by atoms with Crippen LogP contribution in [0.15, 0.2) is 56.9 Å². The number of nitrogens with zero attached hydrogens (tertiary/aromatic N) is 1. The molecule has 0 bridgehead atoms. The molecule has 3 aromatic rings. The second-order valence-electron chi connectivity index (χ2n) is 6.09. The van der Waals surface area contributed by atoms with Crippen molar-refractivity contribution >= 4 is 61.3 Å². The van der Waals surface area contributed by atoms with Crippen molar-refractivity contribution in [1.82, 2.24) is 15.0 Å². The van der Waals surface area contributed by atoms with E-state index in [0.29, 0.717) is 31.7 Å². The number of carbonyl (C=O) groups excluding carboxylic acids is 1. The van der Waals surface area contributed by atoms with Gasteiger partial charge in [-0.1, -0.05) is 35.8 Å². The summed E-state index contributed by atoms with van der Waals surface area (Å²) in [7, 11) is -2.13. The predicted molar refractivity (Wildman–Crippen MR) is 119 cm³/mol. The molecule has 0 aliphatic carbocycles. The molecule has 1 amide bonds. The number of benzene rings is 1. The fraction of sp³-hybridized carbons (Fsp3) is 0.0500. The number of pyridine rings is 1. The summed E-state index contributed by atoms with van der Waals surface area (Å²) < 4.78 is 32.1. The summed E-state index contributed by atoms with van der Waals surface area (Å²) in [6.07, 6.45) is 4.86. The molecule has 2 N–H and O–H groups in total. The molecule has 1 fully saturated rings. The highest BCUT2D eigenvalue weighted by molar-refractivity contribution is 8.26. The van der Waals surface area contributed by atoms with Crippen LogP contribution in [0.2, 0.25) is 0 Å². The molecule has 30 heavy (non-hydrogen) atoms. The Balaban J connectivity index is 1.65. The van der Waals surface area contributed by atoms with E-state index in [-0.39, 0.29) is 10.8 Å². The molecule has 0 radical (unpaired) electrons. The van der Waals surface area contributed by atoms with Crippen molar-refractivity contribution in [3.05, 3.63) is 64.5 Å². The number of nitrogens with one attached hydrogen (secondary N) is 2. The number of thioether (sulfide) groups is 1. The zero-order valence-electron chi connectivity index (χ0n) is 15.4. The normalized spacial score (nSPS) is 15.3. The van der Waals surface area contributed by atoms with Gasteiger partial charge in [-0.2, -0.15) is 0 Å². The molecule has 7 nitrogen and oxygen atoms in total. The van der Waals surface area contributed by atoms with Gasteiger partial charge in [-0.15, -0.1) is 0 Å². The average molecular weight is 456 g/mol. The minimum Gasteiger partial charge on any atom is -0.455 e. The smallest absolute Gasteiger partial charge is 0.263 e. The van der Waals surface area contributed by atoms with Crippen molar-refractivity contribution in [1.29, 1.82) is 0 Å². The average Bonchev–Trinajstić information content (AvgIpc) is 3.28. The maximum absolute atomic E-state index is 11.8. The van der Waals surface area contributed by atoms with Gasteiger partial charge in [-0.05, 0) is 37.4 Å². The summed E-state index contributed by atoms with van der Waals surface area (Å²) in [5.74, 6) is 6.21. The number of hydrogen-bond acceptors (Lipinski definition) is 7. The van der Waals surface area contributed by atoms with E-state index in [1.54, 1.807) is 36.7 Å². The van der Waals surface area contributed by atoms with Gasteiger partial charge in [0.1, 0.15) is 10.1 Å². The second kappa shape index (κ2) is 8.04. The highest BCUT2D eigenvalue weighted by Crippen LogP contribution is 2.29. The minimum atomic E-state index is -3.49. The van der Waals surface area contributed by atoms with Gasteiger partial charge in [0, 0.05) is 29.4 Å². The molecule has 1 saturated heterocycles. The third-order valence-corrected chi connectivity index (χ3v) is 6.72. The first-order valence-electron chi connectivity index (χ1n) is 8.54. The summed E-state index contributed by atoms with van der Waals surface area (Å²) in [4.78, 5) is 16.6. The number of amides is 1. The van der Waals surface area contributed by atoms with E-state index in [2.05, 4.69) is 26.9 Å². The number of carbonyl (C=O) groups is 1.